The third-order valence-electron chi connectivity index (χ3n) is 5.97. The molecule has 1 heterocycles. The second-order valence-electron chi connectivity index (χ2n) is 8.23. The molecule has 4 rings (SSSR count). The molecule has 0 saturated heterocycles. The molecule has 0 radical (unpaired) electrons. The number of carbonyl (C=O) groups excluding carboxylic acids is 1. The number of urea groups is 1. The van der Waals surface area contributed by atoms with E-state index < -0.39 is 0 Å². The molecular weight excluding hydrogens is 509 g/mol. The smallest absolute Gasteiger partial charge is 0.322 e. The van der Waals surface area contributed by atoms with Crippen LogP contribution < -0.4 is 5.32 Å². The summed E-state index contributed by atoms with van der Waals surface area (Å²) in [5.41, 5.74) is 2.90. The number of halogens is 3. The summed E-state index contributed by atoms with van der Waals surface area (Å²) in [5.74, 6) is 0. The van der Waals surface area contributed by atoms with Crippen LogP contribution in [0.4, 0.5) is 10.5 Å². The Morgan fingerprint density at radius 2 is 1.81 bits per heavy atom. The maximum atomic E-state index is 13.4. The highest BCUT2D eigenvalue weighted by Crippen LogP contribution is 2.28. The highest BCUT2D eigenvalue weighted by Gasteiger charge is 2.27. The molecular formula is C25H26BrCl2N3O. The van der Waals surface area contributed by atoms with Crippen LogP contribution in [0.1, 0.15) is 43.4 Å². The molecule has 1 aliphatic carbocycles. The maximum Gasteiger partial charge on any atom is 0.322 e. The maximum absolute atomic E-state index is 13.4. The standard InChI is InChI=1S/C25H26BrCl2N3O/c26-19-10-8-18(9-11-19)16-30-14-4-7-22(30)17-31(21-5-2-1-3-6-21)25(32)29-24-13-12-20(27)15-23(24)28/h4,7-15,21H,1-3,5-6,16-17H2,(H,29,32). The monoisotopic (exact) mass is 533 g/mol. The number of anilines is 1. The zero-order valence-electron chi connectivity index (χ0n) is 17.7. The first kappa shape index (κ1) is 23.2. The van der Waals surface area contributed by atoms with E-state index in [1.54, 1.807) is 18.2 Å². The summed E-state index contributed by atoms with van der Waals surface area (Å²) in [6, 6.07) is 17.7. The van der Waals surface area contributed by atoms with E-state index in [0.29, 0.717) is 22.3 Å². The lowest BCUT2D eigenvalue weighted by atomic mass is 9.94. The number of nitrogens with one attached hydrogen (secondary N) is 1. The van der Waals surface area contributed by atoms with Gasteiger partial charge >= 0.3 is 6.03 Å². The number of hydrogen-bond donors (Lipinski definition) is 1. The summed E-state index contributed by atoms with van der Waals surface area (Å²) >= 11 is 15.8. The highest BCUT2D eigenvalue weighted by molar-refractivity contribution is 9.10. The largest absolute Gasteiger partial charge is 0.345 e. The van der Waals surface area contributed by atoms with Gasteiger partial charge in [0.25, 0.3) is 0 Å². The SMILES string of the molecule is O=C(Nc1ccc(Cl)cc1Cl)N(Cc1cccn1Cc1ccc(Br)cc1)C1CCCCC1. The van der Waals surface area contributed by atoms with Crippen molar-refractivity contribution in [3.05, 3.63) is 86.6 Å². The Morgan fingerprint density at radius 3 is 2.53 bits per heavy atom. The van der Waals surface area contributed by atoms with E-state index >= 15 is 0 Å². The van der Waals surface area contributed by atoms with Gasteiger partial charge in [0, 0.05) is 34.0 Å². The number of amides is 2. The first-order valence-corrected chi connectivity index (χ1v) is 12.5. The van der Waals surface area contributed by atoms with Gasteiger partial charge < -0.3 is 14.8 Å². The van der Waals surface area contributed by atoms with E-state index in [2.05, 4.69) is 62.3 Å². The van der Waals surface area contributed by atoms with Crippen LogP contribution in [0, 0.1) is 0 Å². The normalized spacial score (nSPS) is 14.3. The van der Waals surface area contributed by atoms with Gasteiger partial charge in [-0.2, -0.15) is 0 Å². The van der Waals surface area contributed by atoms with Crippen LogP contribution >= 0.6 is 39.1 Å². The molecule has 0 bridgehead atoms. The number of nitrogens with zero attached hydrogens (tertiary/aromatic N) is 2. The van der Waals surface area contributed by atoms with Crippen molar-refractivity contribution in [3.8, 4) is 0 Å². The molecule has 0 spiro atoms. The van der Waals surface area contributed by atoms with Crippen molar-refractivity contribution in [1.29, 1.82) is 0 Å². The van der Waals surface area contributed by atoms with E-state index in [4.69, 9.17) is 23.2 Å². The summed E-state index contributed by atoms with van der Waals surface area (Å²) in [4.78, 5) is 15.4. The second kappa shape index (κ2) is 10.8. The topological polar surface area (TPSA) is 37.3 Å². The molecule has 32 heavy (non-hydrogen) atoms. The van der Waals surface area contributed by atoms with E-state index in [1.165, 1.54) is 12.0 Å². The first-order chi connectivity index (χ1) is 15.5. The third kappa shape index (κ3) is 5.89. The zero-order valence-corrected chi connectivity index (χ0v) is 20.8. The van der Waals surface area contributed by atoms with Gasteiger partial charge in [-0.05, 0) is 60.9 Å². The van der Waals surface area contributed by atoms with Crippen molar-refractivity contribution in [2.75, 3.05) is 5.32 Å². The Balaban J connectivity index is 1.54. The molecule has 1 N–H and O–H groups in total. The van der Waals surface area contributed by atoms with Crippen LogP contribution in [-0.4, -0.2) is 21.5 Å². The van der Waals surface area contributed by atoms with E-state index in [-0.39, 0.29) is 12.1 Å². The molecule has 0 unspecified atom stereocenters. The Bertz CT molecular complexity index is 1060. The molecule has 2 amide bonds. The van der Waals surface area contributed by atoms with Crippen molar-refractivity contribution in [2.45, 2.75) is 51.2 Å². The van der Waals surface area contributed by atoms with Gasteiger partial charge in [0.2, 0.25) is 0 Å². The van der Waals surface area contributed by atoms with Crippen LogP contribution in [0.3, 0.4) is 0 Å². The number of hydrogen-bond acceptors (Lipinski definition) is 1. The Hall–Kier alpha value is -1.95. The van der Waals surface area contributed by atoms with Crippen molar-refractivity contribution >= 4 is 50.9 Å². The zero-order chi connectivity index (χ0) is 22.5. The predicted molar refractivity (Wildman–Crippen MR) is 136 cm³/mol. The molecule has 2 aromatic carbocycles. The molecule has 0 aliphatic heterocycles. The molecule has 1 fully saturated rings. The van der Waals surface area contributed by atoms with Crippen molar-refractivity contribution in [3.63, 3.8) is 0 Å². The summed E-state index contributed by atoms with van der Waals surface area (Å²) in [6.45, 7) is 1.31. The molecule has 7 heteroatoms. The van der Waals surface area contributed by atoms with Gasteiger partial charge in [-0.25, -0.2) is 4.79 Å². The highest BCUT2D eigenvalue weighted by atomic mass is 79.9. The Labute approximate surface area is 207 Å². The number of carbonyl (C=O) groups is 1. The van der Waals surface area contributed by atoms with Gasteiger partial charge in [0.1, 0.15) is 0 Å². The summed E-state index contributed by atoms with van der Waals surface area (Å²) in [6.07, 6.45) is 7.65. The van der Waals surface area contributed by atoms with Gasteiger partial charge in [0.05, 0.1) is 17.3 Å². The van der Waals surface area contributed by atoms with Crippen molar-refractivity contribution < 1.29 is 4.79 Å². The summed E-state index contributed by atoms with van der Waals surface area (Å²) in [5, 5.41) is 3.99. The number of rotatable bonds is 6. The minimum absolute atomic E-state index is 0.127. The Kier molecular flexibility index (Phi) is 7.82. The fraction of sp³-hybridized carbons (Fsp3) is 0.320. The minimum Gasteiger partial charge on any atom is -0.345 e. The lowest BCUT2D eigenvalue weighted by molar-refractivity contribution is 0.161. The number of aromatic nitrogens is 1. The summed E-state index contributed by atoms with van der Waals surface area (Å²) < 4.78 is 3.27. The lowest BCUT2D eigenvalue weighted by Gasteiger charge is -2.34. The van der Waals surface area contributed by atoms with E-state index in [9.17, 15) is 4.79 Å². The van der Waals surface area contributed by atoms with Gasteiger partial charge in [0.15, 0.2) is 0 Å². The van der Waals surface area contributed by atoms with Crippen LogP contribution in [-0.2, 0) is 13.1 Å². The van der Waals surface area contributed by atoms with Crippen molar-refractivity contribution in [1.82, 2.24) is 9.47 Å². The predicted octanol–water partition coefficient (Wildman–Crippen LogP) is 7.97. The molecule has 168 valence electrons. The molecule has 1 aliphatic rings. The molecule has 1 saturated carbocycles. The first-order valence-electron chi connectivity index (χ1n) is 10.9. The van der Waals surface area contributed by atoms with Crippen LogP contribution in [0.25, 0.3) is 0 Å². The van der Waals surface area contributed by atoms with Gasteiger partial charge in [-0.3, -0.25) is 0 Å². The van der Waals surface area contributed by atoms with Gasteiger partial charge in [-0.15, -0.1) is 0 Å². The van der Waals surface area contributed by atoms with Crippen LogP contribution in [0.5, 0.6) is 0 Å². The van der Waals surface area contributed by atoms with Crippen molar-refractivity contribution in [2.24, 2.45) is 0 Å². The van der Waals surface area contributed by atoms with E-state index in [0.717, 1.165) is 42.4 Å². The quantitative estimate of drug-likeness (QED) is 0.342. The molecule has 4 nitrogen and oxygen atoms in total. The minimum atomic E-state index is -0.127. The third-order valence-corrected chi connectivity index (χ3v) is 7.05. The lowest BCUT2D eigenvalue weighted by Crippen LogP contribution is -2.43. The average Bonchev–Trinajstić information content (AvgIpc) is 3.22. The molecule has 3 aromatic rings. The molecule has 0 atom stereocenters. The second-order valence-corrected chi connectivity index (χ2v) is 9.99. The van der Waals surface area contributed by atoms with E-state index in [1.807, 2.05) is 11.0 Å². The average molecular weight is 535 g/mol. The number of benzene rings is 2. The summed E-state index contributed by atoms with van der Waals surface area (Å²) in [7, 11) is 0. The molecule has 1 aromatic heterocycles. The van der Waals surface area contributed by atoms with Crippen LogP contribution in [0.2, 0.25) is 10.0 Å². The fourth-order valence-electron chi connectivity index (χ4n) is 4.25. The fourth-order valence-corrected chi connectivity index (χ4v) is 4.97. The van der Waals surface area contributed by atoms with Crippen LogP contribution in [0.15, 0.2) is 65.3 Å². The van der Waals surface area contributed by atoms with Gasteiger partial charge in [-0.1, -0.05) is 70.5 Å². The Morgan fingerprint density at radius 1 is 1.06 bits per heavy atom.